The van der Waals surface area contributed by atoms with E-state index in [1.165, 1.54) is 16.7 Å². The Morgan fingerprint density at radius 2 is 1.74 bits per heavy atom. The summed E-state index contributed by atoms with van der Waals surface area (Å²) in [7, 11) is 0. The summed E-state index contributed by atoms with van der Waals surface area (Å²) in [5.41, 5.74) is 4.90. The van der Waals surface area contributed by atoms with Gasteiger partial charge in [-0.25, -0.2) is 4.79 Å². The lowest BCUT2D eigenvalue weighted by molar-refractivity contribution is 0.0812. The van der Waals surface area contributed by atoms with E-state index in [2.05, 4.69) is 66.8 Å². The number of urea groups is 1. The summed E-state index contributed by atoms with van der Waals surface area (Å²) in [6.45, 7) is 7.25. The van der Waals surface area contributed by atoms with Crippen LogP contribution in [0.3, 0.4) is 0 Å². The lowest BCUT2D eigenvalue weighted by atomic mass is 9.90. The van der Waals surface area contributed by atoms with Gasteiger partial charge < -0.3 is 14.9 Å². The van der Waals surface area contributed by atoms with E-state index in [-0.39, 0.29) is 6.03 Å². The Morgan fingerprint density at radius 1 is 0.923 bits per heavy atom. The predicted molar refractivity (Wildman–Crippen MR) is 144 cm³/mol. The number of hydrogen-bond donors (Lipinski definition) is 2. The van der Waals surface area contributed by atoms with Crippen molar-refractivity contribution < 1.29 is 9.90 Å². The molecule has 2 N–H and O–H groups in total. The van der Waals surface area contributed by atoms with E-state index >= 15 is 0 Å². The van der Waals surface area contributed by atoms with Crippen LogP contribution in [-0.2, 0) is 26.1 Å². The number of benzene rings is 1. The van der Waals surface area contributed by atoms with Gasteiger partial charge in [0.2, 0.25) is 0 Å². The second-order valence-electron chi connectivity index (χ2n) is 11.0. The number of fused-ring (bicyclic) bond motifs is 1. The second-order valence-corrected chi connectivity index (χ2v) is 11.0. The van der Waals surface area contributed by atoms with Gasteiger partial charge in [0, 0.05) is 45.5 Å². The first-order valence-electron chi connectivity index (χ1n) is 14.0. The van der Waals surface area contributed by atoms with Crippen molar-refractivity contribution in [3.05, 3.63) is 70.8 Å². The van der Waals surface area contributed by atoms with Crippen molar-refractivity contribution >= 4 is 6.03 Å². The van der Waals surface area contributed by atoms with Crippen LogP contribution in [0, 0.1) is 0 Å². The highest BCUT2D eigenvalue weighted by atomic mass is 16.3. The highest BCUT2D eigenvalue weighted by Crippen LogP contribution is 2.28. The second kappa shape index (κ2) is 11.8. The van der Waals surface area contributed by atoms with E-state index in [9.17, 15) is 9.90 Å². The molecule has 0 unspecified atom stereocenters. The fourth-order valence-corrected chi connectivity index (χ4v) is 6.11. The molecule has 2 fully saturated rings. The topological polar surface area (TPSA) is 118 Å². The third kappa shape index (κ3) is 6.26. The van der Waals surface area contributed by atoms with Gasteiger partial charge in [0.1, 0.15) is 0 Å². The van der Waals surface area contributed by atoms with Gasteiger partial charge in [-0.1, -0.05) is 35.5 Å². The minimum absolute atomic E-state index is 0.0158. The van der Waals surface area contributed by atoms with Crippen molar-refractivity contribution in [1.82, 2.24) is 45.2 Å². The zero-order valence-corrected chi connectivity index (χ0v) is 22.3. The third-order valence-corrected chi connectivity index (χ3v) is 8.30. The van der Waals surface area contributed by atoms with Crippen LogP contribution >= 0.6 is 0 Å². The summed E-state index contributed by atoms with van der Waals surface area (Å²) in [6.07, 6.45) is 4.57. The van der Waals surface area contributed by atoms with Gasteiger partial charge in [-0.15, -0.1) is 10.2 Å². The molecule has 3 aliphatic heterocycles. The Hall–Kier alpha value is -3.41. The van der Waals surface area contributed by atoms with E-state index in [0.29, 0.717) is 38.6 Å². The van der Waals surface area contributed by atoms with Crippen molar-refractivity contribution in [1.29, 1.82) is 0 Å². The number of amides is 2. The summed E-state index contributed by atoms with van der Waals surface area (Å²) in [4.78, 5) is 26.0. The Balaban J connectivity index is 0.947. The molecule has 1 aromatic carbocycles. The number of nitrogens with one attached hydrogen (secondary N) is 1. The summed E-state index contributed by atoms with van der Waals surface area (Å²) >= 11 is 0. The van der Waals surface area contributed by atoms with Crippen molar-refractivity contribution in [2.45, 2.75) is 50.9 Å². The molecule has 0 aliphatic carbocycles. The highest BCUT2D eigenvalue weighted by Gasteiger charge is 2.31. The Labute approximate surface area is 228 Å². The number of tetrazole rings is 1. The van der Waals surface area contributed by atoms with Gasteiger partial charge >= 0.3 is 6.03 Å². The maximum Gasteiger partial charge on any atom is 0.320 e. The van der Waals surface area contributed by atoms with Gasteiger partial charge in [0.05, 0.1) is 24.9 Å². The van der Waals surface area contributed by atoms with Gasteiger partial charge in [-0.2, -0.15) is 5.21 Å². The van der Waals surface area contributed by atoms with Gasteiger partial charge in [0.15, 0.2) is 5.82 Å². The number of aromatic amines is 1. The molecule has 6 rings (SSSR count). The number of H-pyrrole nitrogens is 1. The number of β-amino-alcohol motifs (C(OH)–C–C–N with tert-alkyl or cyclic N) is 1. The number of rotatable bonds is 9. The molecule has 1 atom stereocenters. The number of nitrogens with zero attached hydrogens (tertiary/aromatic N) is 8. The van der Waals surface area contributed by atoms with Crippen molar-refractivity contribution in [3.8, 4) is 0 Å². The van der Waals surface area contributed by atoms with Crippen LogP contribution < -0.4 is 0 Å². The molecule has 5 heterocycles. The molecule has 0 radical (unpaired) electrons. The average molecular weight is 532 g/mol. The van der Waals surface area contributed by atoms with Crippen LogP contribution in [0.5, 0.6) is 0 Å². The largest absolute Gasteiger partial charge is 0.390 e. The molecular formula is C28H37N9O2. The molecular weight excluding hydrogens is 494 g/mol. The zero-order valence-electron chi connectivity index (χ0n) is 22.3. The molecule has 2 amide bonds. The number of aliphatic hydroxyl groups is 1. The summed E-state index contributed by atoms with van der Waals surface area (Å²) < 4.78 is 0. The number of hydrogen-bond acceptors (Lipinski definition) is 8. The van der Waals surface area contributed by atoms with Crippen molar-refractivity contribution in [3.63, 3.8) is 0 Å². The molecule has 3 aliphatic rings. The van der Waals surface area contributed by atoms with Crippen LogP contribution in [-0.4, -0.2) is 108 Å². The SMILES string of the molecule is O=C1N(Cc2ccc(C3CCN(Cc4nn[nH]n4)CC3)cn2)CCN1C[C@H](O)CN1CCc2ccccc2C1. The maximum absolute atomic E-state index is 13.0. The lowest BCUT2D eigenvalue weighted by Gasteiger charge is -2.31. The third-order valence-electron chi connectivity index (χ3n) is 8.30. The lowest BCUT2D eigenvalue weighted by Crippen LogP contribution is -2.43. The molecule has 2 aromatic heterocycles. The Morgan fingerprint density at radius 3 is 2.51 bits per heavy atom. The monoisotopic (exact) mass is 531 g/mol. The molecule has 0 spiro atoms. The number of likely N-dealkylation sites (tertiary alicyclic amines) is 1. The average Bonchev–Trinajstić information content (AvgIpc) is 3.59. The number of aliphatic hydroxyl groups excluding tert-OH is 1. The van der Waals surface area contributed by atoms with Crippen LogP contribution in [0.2, 0.25) is 0 Å². The summed E-state index contributed by atoms with van der Waals surface area (Å²) in [5.74, 6) is 1.23. The van der Waals surface area contributed by atoms with E-state index in [4.69, 9.17) is 4.98 Å². The molecule has 2 saturated heterocycles. The smallest absolute Gasteiger partial charge is 0.320 e. The van der Waals surface area contributed by atoms with E-state index in [0.717, 1.165) is 63.5 Å². The number of aromatic nitrogens is 5. The van der Waals surface area contributed by atoms with Gasteiger partial charge in [-0.3, -0.25) is 14.8 Å². The van der Waals surface area contributed by atoms with Crippen LogP contribution in [0.15, 0.2) is 42.6 Å². The number of carbonyl (C=O) groups excluding carboxylic acids is 1. The minimum atomic E-state index is -0.560. The molecule has 39 heavy (non-hydrogen) atoms. The summed E-state index contributed by atoms with van der Waals surface area (Å²) in [6, 6.07) is 12.7. The number of pyridine rings is 1. The summed E-state index contributed by atoms with van der Waals surface area (Å²) in [5, 5.41) is 25.0. The minimum Gasteiger partial charge on any atom is -0.390 e. The molecule has 0 saturated carbocycles. The first kappa shape index (κ1) is 25.8. The molecule has 206 valence electrons. The molecule has 11 heteroatoms. The van der Waals surface area contributed by atoms with Crippen LogP contribution in [0.4, 0.5) is 4.79 Å². The standard InChI is InChI=1S/C28H37N9O2/c38-26(18-35-12-9-21-3-1-2-4-24(21)16-35)19-37-14-13-36(28(37)39)17-25-6-5-23(15-29-25)22-7-10-34(11-8-22)20-27-30-32-33-31-27/h1-6,15,22,26,38H,7-14,16-20H2,(H,30,31,32,33)/t26-/m1/s1. The van der Waals surface area contributed by atoms with Gasteiger partial charge in [0.25, 0.3) is 0 Å². The van der Waals surface area contributed by atoms with E-state index in [1.807, 2.05) is 11.1 Å². The zero-order chi connectivity index (χ0) is 26.6. The first-order valence-corrected chi connectivity index (χ1v) is 14.0. The normalized spacial score (nSPS) is 20.0. The molecule has 0 bridgehead atoms. The molecule has 11 nitrogen and oxygen atoms in total. The van der Waals surface area contributed by atoms with Gasteiger partial charge in [-0.05, 0) is 61.0 Å². The van der Waals surface area contributed by atoms with Crippen molar-refractivity contribution in [2.24, 2.45) is 0 Å². The van der Waals surface area contributed by atoms with Crippen molar-refractivity contribution in [2.75, 3.05) is 45.8 Å². The molecule has 3 aromatic rings. The fourth-order valence-electron chi connectivity index (χ4n) is 6.11. The quantitative estimate of drug-likeness (QED) is 0.428. The van der Waals surface area contributed by atoms with E-state index in [1.54, 1.807) is 4.90 Å². The van der Waals surface area contributed by atoms with Crippen LogP contribution in [0.25, 0.3) is 0 Å². The predicted octanol–water partition coefficient (Wildman–Crippen LogP) is 1.63. The maximum atomic E-state index is 13.0. The number of carbonyl (C=O) groups is 1. The van der Waals surface area contributed by atoms with Crippen LogP contribution in [0.1, 0.15) is 47.0 Å². The first-order chi connectivity index (χ1) is 19.1. The Bertz CT molecular complexity index is 1230. The van der Waals surface area contributed by atoms with E-state index < -0.39 is 6.10 Å². The fraction of sp³-hybridized carbons (Fsp3) is 0.536. The number of piperidine rings is 1. The highest BCUT2D eigenvalue weighted by molar-refractivity contribution is 5.76. The Kier molecular flexibility index (Phi) is 7.80.